The molecule has 2 heterocycles. The number of fused-ring (bicyclic) bond motifs is 1. The van der Waals surface area contributed by atoms with Crippen molar-refractivity contribution in [2.45, 2.75) is 32.5 Å². The van der Waals surface area contributed by atoms with Crippen molar-refractivity contribution >= 4 is 28.5 Å². The number of benzene rings is 2. The van der Waals surface area contributed by atoms with Crippen molar-refractivity contribution in [3.63, 3.8) is 0 Å². The van der Waals surface area contributed by atoms with Gasteiger partial charge in [0.05, 0.1) is 24.4 Å². The molecule has 4 rings (SSSR count). The largest absolute Gasteiger partial charge is 0.493 e. The van der Waals surface area contributed by atoms with Crippen LogP contribution in [0.5, 0.6) is 11.5 Å². The number of rotatable bonds is 6. The van der Waals surface area contributed by atoms with Gasteiger partial charge in [-0.3, -0.25) is 0 Å². The number of alkyl halides is 2. The highest BCUT2D eigenvalue weighted by Gasteiger charge is 2.27. The van der Waals surface area contributed by atoms with Gasteiger partial charge in [-0.2, -0.15) is 8.78 Å². The van der Waals surface area contributed by atoms with Crippen LogP contribution in [0.3, 0.4) is 0 Å². The molecule has 1 aliphatic heterocycles. The summed E-state index contributed by atoms with van der Waals surface area (Å²) in [7, 11) is 1.42. The van der Waals surface area contributed by atoms with Gasteiger partial charge in [0.25, 0.3) is 0 Å². The van der Waals surface area contributed by atoms with E-state index in [9.17, 15) is 18.0 Å². The number of anilines is 2. The summed E-state index contributed by atoms with van der Waals surface area (Å²) < 4.78 is 54.8. The lowest BCUT2D eigenvalue weighted by Crippen LogP contribution is -2.42. The molecule has 0 saturated carbocycles. The van der Waals surface area contributed by atoms with Crippen molar-refractivity contribution in [3.8, 4) is 11.5 Å². The van der Waals surface area contributed by atoms with Gasteiger partial charge in [-0.25, -0.2) is 19.2 Å². The Bertz CT molecular complexity index is 1190. The van der Waals surface area contributed by atoms with E-state index >= 15 is 0 Å². The van der Waals surface area contributed by atoms with Gasteiger partial charge in [-0.15, -0.1) is 0 Å². The van der Waals surface area contributed by atoms with Crippen LogP contribution in [0.15, 0.2) is 36.7 Å². The molecule has 2 aromatic carbocycles. The zero-order chi connectivity index (χ0) is 24.2. The maximum absolute atomic E-state index is 14.5. The molecule has 0 bridgehead atoms. The maximum atomic E-state index is 14.5. The molecule has 1 saturated heterocycles. The van der Waals surface area contributed by atoms with Gasteiger partial charge in [0.2, 0.25) is 0 Å². The van der Waals surface area contributed by atoms with Crippen molar-refractivity contribution in [2.75, 3.05) is 25.5 Å². The number of halogens is 3. The monoisotopic (exact) mass is 476 g/mol. The molecule has 1 aliphatic rings. The number of aromatic nitrogens is 2. The second-order valence-electron chi connectivity index (χ2n) is 7.76. The van der Waals surface area contributed by atoms with Crippen LogP contribution in [0.2, 0.25) is 0 Å². The highest BCUT2D eigenvalue weighted by Crippen LogP contribution is 2.35. The average molecular weight is 476 g/mol. The number of methoxy groups -OCH3 is 1. The Morgan fingerprint density at radius 2 is 1.94 bits per heavy atom. The number of likely N-dealkylation sites (tertiary alicyclic amines) is 1. The van der Waals surface area contributed by atoms with E-state index in [-0.39, 0.29) is 43.1 Å². The number of aryl methyl sites for hydroxylation is 1. The smallest absolute Gasteiger partial charge is 0.415 e. The van der Waals surface area contributed by atoms with Gasteiger partial charge < -0.3 is 24.4 Å². The molecule has 180 valence electrons. The van der Waals surface area contributed by atoms with Crippen molar-refractivity contribution < 1.29 is 32.2 Å². The van der Waals surface area contributed by atoms with Gasteiger partial charge in [0, 0.05) is 24.5 Å². The summed E-state index contributed by atoms with van der Waals surface area (Å²) in [5.74, 6) is 0.296. The quantitative estimate of drug-likeness (QED) is 0.534. The number of nitrogens with one attached hydrogen (secondary N) is 1. The molecule has 1 fully saturated rings. The van der Waals surface area contributed by atoms with Crippen molar-refractivity contribution in [3.05, 3.63) is 48.0 Å². The molecule has 0 radical (unpaired) electrons. The fourth-order valence-corrected chi connectivity index (χ4v) is 3.75. The lowest BCUT2D eigenvalue weighted by Gasteiger charge is -2.31. The van der Waals surface area contributed by atoms with E-state index in [2.05, 4.69) is 20.0 Å². The van der Waals surface area contributed by atoms with Crippen LogP contribution < -0.4 is 14.8 Å². The molecule has 1 amide bonds. The molecule has 8 nitrogen and oxygen atoms in total. The number of piperidine rings is 1. The predicted molar refractivity (Wildman–Crippen MR) is 118 cm³/mol. The van der Waals surface area contributed by atoms with E-state index in [0.29, 0.717) is 22.3 Å². The molecule has 3 aromatic rings. The molecule has 0 aliphatic carbocycles. The lowest BCUT2D eigenvalue weighted by atomic mass is 10.1. The number of hydrogen-bond acceptors (Lipinski definition) is 7. The Kier molecular flexibility index (Phi) is 7.01. The maximum Gasteiger partial charge on any atom is 0.415 e. The Morgan fingerprint density at radius 3 is 2.65 bits per heavy atom. The summed E-state index contributed by atoms with van der Waals surface area (Å²) in [6, 6.07) is 8.08. The van der Waals surface area contributed by atoms with Gasteiger partial charge in [-0.1, -0.05) is 12.1 Å². The SMILES string of the molecule is COc1cc2ncnc(Nc3cccc(C)c3F)c2cc1OC(=O)N1CCC(OC(F)F)CC1. The Labute approximate surface area is 193 Å². The Hall–Kier alpha value is -3.60. The third-order valence-electron chi connectivity index (χ3n) is 5.56. The van der Waals surface area contributed by atoms with Crippen LogP contribution in [0, 0.1) is 12.7 Å². The van der Waals surface area contributed by atoms with Gasteiger partial charge in [0.1, 0.15) is 18.0 Å². The van der Waals surface area contributed by atoms with Crippen LogP contribution in [0.25, 0.3) is 10.9 Å². The predicted octanol–water partition coefficient (Wildman–Crippen LogP) is 5.03. The minimum Gasteiger partial charge on any atom is -0.493 e. The minimum absolute atomic E-state index is 0.119. The van der Waals surface area contributed by atoms with Crippen LogP contribution in [0.4, 0.5) is 29.5 Å². The fourth-order valence-electron chi connectivity index (χ4n) is 3.75. The molecular weight excluding hydrogens is 453 g/mol. The third-order valence-corrected chi connectivity index (χ3v) is 5.56. The minimum atomic E-state index is -2.84. The van der Waals surface area contributed by atoms with Crippen LogP contribution >= 0.6 is 0 Å². The molecule has 34 heavy (non-hydrogen) atoms. The second kappa shape index (κ2) is 10.1. The Morgan fingerprint density at radius 1 is 1.18 bits per heavy atom. The summed E-state index contributed by atoms with van der Waals surface area (Å²) in [5, 5.41) is 3.45. The first kappa shape index (κ1) is 23.6. The highest BCUT2D eigenvalue weighted by molar-refractivity contribution is 5.93. The second-order valence-corrected chi connectivity index (χ2v) is 7.76. The normalized spacial score (nSPS) is 14.5. The van der Waals surface area contributed by atoms with Gasteiger partial charge in [0.15, 0.2) is 11.5 Å². The van der Waals surface area contributed by atoms with Crippen LogP contribution in [0.1, 0.15) is 18.4 Å². The molecule has 0 spiro atoms. The van der Waals surface area contributed by atoms with E-state index in [4.69, 9.17) is 9.47 Å². The number of carbonyl (C=O) groups excluding carboxylic acids is 1. The van der Waals surface area contributed by atoms with Crippen molar-refractivity contribution in [1.29, 1.82) is 0 Å². The number of ether oxygens (including phenoxy) is 3. The Balaban J connectivity index is 1.57. The van der Waals surface area contributed by atoms with E-state index in [1.54, 1.807) is 31.2 Å². The van der Waals surface area contributed by atoms with Crippen LogP contribution in [-0.2, 0) is 4.74 Å². The number of hydrogen-bond donors (Lipinski definition) is 1. The van der Waals surface area contributed by atoms with Crippen molar-refractivity contribution in [2.24, 2.45) is 0 Å². The third kappa shape index (κ3) is 5.14. The van der Waals surface area contributed by atoms with E-state index in [1.165, 1.54) is 24.4 Å². The van der Waals surface area contributed by atoms with Crippen molar-refractivity contribution in [1.82, 2.24) is 14.9 Å². The molecule has 0 atom stereocenters. The van der Waals surface area contributed by atoms with Gasteiger partial charge >= 0.3 is 12.7 Å². The summed E-state index contributed by atoms with van der Waals surface area (Å²) in [6.45, 7) is -0.754. The highest BCUT2D eigenvalue weighted by atomic mass is 19.3. The average Bonchev–Trinajstić information content (AvgIpc) is 2.82. The number of amides is 1. The molecule has 1 aromatic heterocycles. The summed E-state index contributed by atoms with van der Waals surface area (Å²) in [5.41, 5.74) is 1.21. The van der Waals surface area contributed by atoms with Crippen LogP contribution in [-0.4, -0.2) is 53.9 Å². The summed E-state index contributed by atoms with van der Waals surface area (Å²) >= 11 is 0. The van der Waals surface area contributed by atoms with E-state index in [0.717, 1.165) is 0 Å². The fraction of sp³-hybridized carbons (Fsp3) is 0.348. The molecule has 0 unspecified atom stereocenters. The zero-order valence-electron chi connectivity index (χ0n) is 18.6. The summed E-state index contributed by atoms with van der Waals surface area (Å²) in [4.78, 5) is 22.6. The van der Waals surface area contributed by atoms with E-state index in [1.807, 2.05) is 0 Å². The first-order chi connectivity index (χ1) is 16.4. The number of nitrogens with zero attached hydrogens (tertiary/aromatic N) is 3. The zero-order valence-corrected chi connectivity index (χ0v) is 18.6. The standard InChI is InChI=1S/C23H23F3N4O4/c1-13-4-3-5-16(20(13)24)29-21-15-10-19(18(32-2)11-17(15)27-12-28-21)34-23(31)30-8-6-14(7-9-30)33-22(25)26/h3-5,10-12,14,22H,6-9H2,1-2H3,(H,27,28,29). The van der Waals surface area contributed by atoms with Gasteiger partial charge in [-0.05, 0) is 37.5 Å². The lowest BCUT2D eigenvalue weighted by molar-refractivity contribution is -0.171. The molecular formula is C23H23F3N4O4. The van der Waals surface area contributed by atoms with E-state index < -0.39 is 24.6 Å². The number of carbonyl (C=O) groups is 1. The topological polar surface area (TPSA) is 85.8 Å². The summed E-state index contributed by atoms with van der Waals surface area (Å²) in [6.07, 6.45) is 0.627. The first-order valence-electron chi connectivity index (χ1n) is 10.6. The first-order valence-corrected chi connectivity index (χ1v) is 10.6. The molecule has 1 N–H and O–H groups in total. The molecule has 11 heteroatoms.